The Morgan fingerprint density at radius 1 is 1.27 bits per heavy atom. The third-order valence-corrected chi connectivity index (χ3v) is 6.41. The fraction of sp³-hybridized carbons (Fsp3) is 0.533. The van der Waals surface area contributed by atoms with Gasteiger partial charge in [0, 0.05) is 36.6 Å². The van der Waals surface area contributed by atoms with E-state index in [2.05, 4.69) is 15.9 Å². The van der Waals surface area contributed by atoms with Gasteiger partial charge >= 0.3 is 0 Å². The largest absolute Gasteiger partial charge is 0.340 e. The Morgan fingerprint density at radius 2 is 1.91 bits per heavy atom. The van der Waals surface area contributed by atoms with Crippen LogP contribution < -0.4 is 0 Å². The highest BCUT2D eigenvalue weighted by atomic mass is 79.9. The zero-order chi connectivity index (χ0) is 16.3. The average molecular weight is 389 g/mol. The van der Waals surface area contributed by atoms with Crippen LogP contribution in [0.2, 0.25) is 0 Å². The van der Waals surface area contributed by atoms with Crippen LogP contribution in [0, 0.1) is 5.92 Å². The predicted octanol–water partition coefficient (Wildman–Crippen LogP) is 2.33. The van der Waals surface area contributed by atoms with Crippen molar-refractivity contribution in [1.29, 1.82) is 0 Å². The molecule has 1 aromatic carbocycles. The summed E-state index contributed by atoms with van der Waals surface area (Å²) in [5, 5.41) is 0. The molecule has 1 saturated heterocycles. The molecule has 1 atom stereocenters. The minimum absolute atomic E-state index is 0.00626. The van der Waals surface area contributed by atoms with E-state index in [1.165, 1.54) is 4.31 Å². The molecule has 0 N–H and O–H groups in total. The van der Waals surface area contributed by atoms with Crippen LogP contribution in [-0.4, -0.2) is 49.7 Å². The Labute approximate surface area is 140 Å². The van der Waals surface area contributed by atoms with Gasteiger partial charge in [0.25, 0.3) is 0 Å². The van der Waals surface area contributed by atoms with E-state index in [0.29, 0.717) is 26.2 Å². The molecule has 22 heavy (non-hydrogen) atoms. The maximum absolute atomic E-state index is 12.6. The van der Waals surface area contributed by atoms with Gasteiger partial charge in [0.05, 0.1) is 4.90 Å². The molecule has 1 fully saturated rings. The molecular formula is C15H21BrN2O3S. The number of benzene rings is 1. The lowest BCUT2D eigenvalue weighted by molar-refractivity contribution is -0.136. The summed E-state index contributed by atoms with van der Waals surface area (Å²) in [4.78, 5) is 14.2. The summed E-state index contributed by atoms with van der Waals surface area (Å²) in [5.74, 6) is 0.107. The number of carbonyl (C=O) groups is 1. The molecule has 1 aliphatic rings. The molecule has 0 bridgehead atoms. The van der Waals surface area contributed by atoms with Crippen LogP contribution in [0.3, 0.4) is 0 Å². The second-order valence-corrected chi connectivity index (χ2v) is 8.35. The van der Waals surface area contributed by atoms with Crippen LogP contribution >= 0.6 is 15.9 Å². The molecule has 1 heterocycles. The maximum atomic E-state index is 12.6. The van der Waals surface area contributed by atoms with Gasteiger partial charge < -0.3 is 4.90 Å². The highest BCUT2D eigenvalue weighted by molar-refractivity contribution is 9.10. The Bertz CT molecular complexity index is 640. The summed E-state index contributed by atoms with van der Waals surface area (Å²) >= 11 is 3.30. The van der Waals surface area contributed by atoms with E-state index in [-0.39, 0.29) is 16.7 Å². The summed E-state index contributed by atoms with van der Waals surface area (Å²) in [6.07, 6.45) is 0.801. The molecule has 7 heteroatoms. The molecule has 0 saturated carbocycles. The number of amides is 1. The van der Waals surface area contributed by atoms with E-state index >= 15 is 0 Å². The van der Waals surface area contributed by atoms with E-state index in [4.69, 9.17) is 0 Å². The standard InChI is InChI=1S/C15H21BrN2O3S/c1-3-12(2)15(19)17-7-9-18(10-8-17)22(20,21)14-6-4-5-13(16)11-14/h4-6,11-12H,3,7-10H2,1-2H3/t12-/m1/s1. The smallest absolute Gasteiger partial charge is 0.243 e. The first kappa shape index (κ1) is 17.4. The molecule has 0 aliphatic carbocycles. The number of hydrogen-bond donors (Lipinski definition) is 0. The Hall–Kier alpha value is -0.920. The summed E-state index contributed by atoms with van der Waals surface area (Å²) in [6.45, 7) is 5.49. The monoisotopic (exact) mass is 388 g/mol. The van der Waals surface area contributed by atoms with Gasteiger partial charge in [-0.05, 0) is 24.6 Å². The van der Waals surface area contributed by atoms with Crippen LogP contribution in [0.4, 0.5) is 0 Å². The van der Waals surface area contributed by atoms with Gasteiger partial charge in [-0.25, -0.2) is 8.42 Å². The zero-order valence-corrected chi connectivity index (χ0v) is 15.2. The molecule has 1 aliphatic heterocycles. The molecule has 0 unspecified atom stereocenters. The van der Waals surface area contributed by atoms with Crippen molar-refractivity contribution in [2.45, 2.75) is 25.2 Å². The normalized spacial score (nSPS) is 18.2. The van der Waals surface area contributed by atoms with Crippen LogP contribution in [0.15, 0.2) is 33.6 Å². The Balaban J connectivity index is 2.06. The fourth-order valence-corrected chi connectivity index (χ4v) is 4.43. The minimum Gasteiger partial charge on any atom is -0.340 e. The van der Waals surface area contributed by atoms with E-state index < -0.39 is 10.0 Å². The van der Waals surface area contributed by atoms with Gasteiger partial charge in [0.1, 0.15) is 0 Å². The van der Waals surface area contributed by atoms with E-state index in [0.717, 1.165) is 10.9 Å². The topological polar surface area (TPSA) is 57.7 Å². The van der Waals surface area contributed by atoms with Crippen LogP contribution in [0.25, 0.3) is 0 Å². The van der Waals surface area contributed by atoms with Crippen LogP contribution in [0.5, 0.6) is 0 Å². The predicted molar refractivity (Wildman–Crippen MR) is 88.9 cm³/mol. The minimum atomic E-state index is -3.49. The number of nitrogens with zero attached hydrogens (tertiary/aromatic N) is 2. The quantitative estimate of drug-likeness (QED) is 0.794. The SMILES string of the molecule is CC[C@@H](C)C(=O)N1CCN(S(=O)(=O)c2cccc(Br)c2)CC1. The number of rotatable bonds is 4. The third kappa shape index (κ3) is 3.70. The van der Waals surface area contributed by atoms with Crippen molar-refractivity contribution in [3.05, 3.63) is 28.7 Å². The van der Waals surface area contributed by atoms with Gasteiger partial charge in [-0.15, -0.1) is 0 Å². The van der Waals surface area contributed by atoms with E-state index in [1.807, 2.05) is 13.8 Å². The highest BCUT2D eigenvalue weighted by Crippen LogP contribution is 2.21. The van der Waals surface area contributed by atoms with Crippen molar-refractivity contribution in [2.24, 2.45) is 5.92 Å². The van der Waals surface area contributed by atoms with Crippen LogP contribution in [-0.2, 0) is 14.8 Å². The first-order chi connectivity index (χ1) is 10.4. The number of sulfonamides is 1. The first-order valence-corrected chi connectivity index (χ1v) is 9.64. The summed E-state index contributed by atoms with van der Waals surface area (Å²) in [6, 6.07) is 6.70. The van der Waals surface area contributed by atoms with Crippen molar-refractivity contribution in [3.8, 4) is 0 Å². The summed E-state index contributed by atoms with van der Waals surface area (Å²) in [7, 11) is -3.49. The lowest BCUT2D eigenvalue weighted by Crippen LogP contribution is -2.51. The lowest BCUT2D eigenvalue weighted by Gasteiger charge is -2.35. The molecule has 1 aromatic rings. The molecule has 1 amide bonds. The highest BCUT2D eigenvalue weighted by Gasteiger charge is 2.31. The van der Waals surface area contributed by atoms with Crippen molar-refractivity contribution >= 4 is 31.9 Å². The van der Waals surface area contributed by atoms with E-state index in [9.17, 15) is 13.2 Å². The van der Waals surface area contributed by atoms with Gasteiger partial charge in [0.2, 0.25) is 15.9 Å². The summed E-state index contributed by atoms with van der Waals surface area (Å²) < 4.78 is 27.4. The molecule has 5 nitrogen and oxygen atoms in total. The molecule has 0 radical (unpaired) electrons. The second kappa shape index (κ2) is 7.10. The van der Waals surface area contributed by atoms with Crippen molar-refractivity contribution in [3.63, 3.8) is 0 Å². The van der Waals surface area contributed by atoms with Gasteiger partial charge in [-0.1, -0.05) is 35.8 Å². The maximum Gasteiger partial charge on any atom is 0.243 e. The third-order valence-electron chi connectivity index (χ3n) is 4.02. The molecule has 0 spiro atoms. The number of hydrogen-bond acceptors (Lipinski definition) is 3. The first-order valence-electron chi connectivity index (χ1n) is 7.40. The molecule has 0 aromatic heterocycles. The molecular weight excluding hydrogens is 368 g/mol. The number of halogens is 1. The van der Waals surface area contributed by atoms with Crippen LogP contribution in [0.1, 0.15) is 20.3 Å². The second-order valence-electron chi connectivity index (χ2n) is 5.50. The number of piperazine rings is 1. The van der Waals surface area contributed by atoms with Gasteiger partial charge in [0.15, 0.2) is 0 Å². The van der Waals surface area contributed by atoms with Crippen molar-refractivity contribution < 1.29 is 13.2 Å². The number of carbonyl (C=O) groups excluding carboxylic acids is 1. The van der Waals surface area contributed by atoms with Gasteiger partial charge in [-0.3, -0.25) is 4.79 Å². The molecule has 122 valence electrons. The van der Waals surface area contributed by atoms with Crippen molar-refractivity contribution in [1.82, 2.24) is 9.21 Å². The Kier molecular flexibility index (Phi) is 5.63. The zero-order valence-electron chi connectivity index (χ0n) is 12.8. The lowest BCUT2D eigenvalue weighted by atomic mass is 10.1. The summed E-state index contributed by atoms with van der Waals surface area (Å²) in [5.41, 5.74) is 0. The average Bonchev–Trinajstić information content (AvgIpc) is 2.53. The van der Waals surface area contributed by atoms with E-state index in [1.54, 1.807) is 29.2 Å². The fourth-order valence-electron chi connectivity index (χ4n) is 2.41. The Morgan fingerprint density at radius 3 is 2.45 bits per heavy atom. The molecule has 2 rings (SSSR count). The van der Waals surface area contributed by atoms with Crippen molar-refractivity contribution in [2.75, 3.05) is 26.2 Å². The van der Waals surface area contributed by atoms with Gasteiger partial charge in [-0.2, -0.15) is 4.31 Å².